The first kappa shape index (κ1) is 20.2. The molecule has 0 radical (unpaired) electrons. The van der Waals surface area contributed by atoms with Crippen molar-refractivity contribution in [3.8, 4) is 11.5 Å². The Morgan fingerprint density at radius 1 is 0.962 bits per heavy atom. The van der Waals surface area contributed by atoms with Gasteiger partial charge in [0.2, 0.25) is 0 Å². The van der Waals surface area contributed by atoms with Crippen LogP contribution in [0.5, 0.6) is 11.5 Å². The van der Waals surface area contributed by atoms with Crippen LogP contribution in [0.4, 0.5) is 0 Å². The second kappa shape index (κ2) is 10.1. The largest absolute Gasteiger partial charge is 1.00 e. The van der Waals surface area contributed by atoms with Crippen molar-refractivity contribution < 1.29 is 26.3 Å². The molecule has 1 heterocycles. The molecule has 0 saturated heterocycles. The SMILES string of the molecule is COc1cc(CNCc2ccco2)ccc1OCc1cccc(Cl)c1.[Cl-]. The van der Waals surface area contributed by atoms with E-state index in [1.165, 1.54) is 0 Å². The number of nitrogens with one attached hydrogen (secondary N) is 1. The minimum Gasteiger partial charge on any atom is -1.00 e. The van der Waals surface area contributed by atoms with Crippen molar-refractivity contribution in [3.63, 3.8) is 0 Å². The molecule has 0 fully saturated rings. The lowest BCUT2D eigenvalue weighted by atomic mass is 10.2. The molecule has 1 aromatic heterocycles. The normalized spacial score (nSPS) is 10.2. The second-order valence-corrected chi connectivity index (χ2v) is 6.02. The Balaban J connectivity index is 0.00000243. The van der Waals surface area contributed by atoms with E-state index >= 15 is 0 Å². The first-order chi connectivity index (χ1) is 12.2. The Bertz CT molecular complexity index is 807. The smallest absolute Gasteiger partial charge is 0.161 e. The molecule has 3 aromatic rings. The molecule has 0 spiro atoms. The van der Waals surface area contributed by atoms with E-state index < -0.39 is 0 Å². The van der Waals surface area contributed by atoms with Crippen molar-refractivity contribution in [2.24, 2.45) is 0 Å². The summed E-state index contributed by atoms with van der Waals surface area (Å²) in [5, 5.41) is 4.03. The van der Waals surface area contributed by atoms with Gasteiger partial charge in [-0.25, -0.2) is 0 Å². The van der Waals surface area contributed by atoms with Crippen molar-refractivity contribution in [1.29, 1.82) is 0 Å². The lowest BCUT2D eigenvalue weighted by Gasteiger charge is -2.13. The zero-order valence-corrected chi connectivity index (χ0v) is 15.9. The van der Waals surface area contributed by atoms with Crippen LogP contribution in [0.15, 0.2) is 65.3 Å². The van der Waals surface area contributed by atoms with Crippen LogP contribution in [0.2, 0.25) is 5.02 Å². The Labute approximate surface area is 164 Å². The molecule has 0 bridgehead atoms. The number of halogens is 2. The summed E-state index contributed by atoms with van der Waals surface area (Å²) >= 11 is 6.00. The summed E-state index contributed by atoms with van der Waals surface area (Å²) in [6.45, 7) is 1.83. The van der Waals surface area contributed by atoms with E-state index in [0.29, 0.717) is 36.2 Å². The van der Waals surface area contributed by atoms with Gasteiger partial charge in [0.15, 0.2) is 11.5 Å². The van der Waals surface area contributed by atoms with E-state index in [1.807, 2.05) is 54.6 Å². The first-order valence-corrected chi connectivity index (χ1v) is 8.39. The highest BCUT2D eigenvalue weighted by Crippen LogP contribution is 2.29. The molecular formula is C20H20Cl2NO3-. The Morgan fingerprint density at radius 3 is 2.58 bits per heavy atom. The quantitative estimate of drug-likeness (QED) is 0.634. The van der Waals surface area contributed by atoms with Gasteiger partial charge in [0.1, 0.15) is 12.4 Å². The maximum atomic E-state index is 6.00. The molecule has 0 unspecified atom stereocenters. The van der Waals surface area contributed by atoms with Crippen molar-refractivity contribution >= 4 is 11.6 Å². The van der Waals surface area contributed by atoms with Crippen LogP contribution < -0.4 is 27.2 Å². The summed E-state index contributed by atoms with van der Waals surface area (Å²) in [4.78, 5) is 0. The molecule has 0 amide bonds. The van der Waals surface area contributed by atoms with Crippen LogP contribution in [-0.4, -0.2) is 7.11 Å². The molecule has 0 aliphatic heterocycles. The molecule has 6 heteroatoms. The van der Waals surface area contributed by atoms with Gasteiger partial charge >= 0.3 is 0 Å². The number of methoxy groups -OCH3 is 1. The van der Waals surface area contributed by atoms with Crippen LogP contribution in [0.1, 0.15) is 16.9 Å². The van der Waals surface area contributed by atoms with Gasteiger partial charge in [-0.2, -0.15) is 0 Å². The lowest BCUT2D eigenvalue weighted by Crippen LogP contribution is -3.00. The minimum atomic E-state index is 0. The summed E-state index contributed by atoms with van der Waals surface area (Å²) in [5.41, 5.74) is 2.12. The van der Waals surface area contributed by atoms with E-state index in [4.69, 9.17) is 25.5 Å². The fourth-order valence-electron chi connectivity index (χ4n) is 2.47. The predicted molar refractivity (Wildman–Crippen MR) is 98.0 cm³/mol. The van der Waals surface area contributed by atoms with Gasteiger partial charge in [-0.1, -0.05) is 29.8 Å². The van der Waals surface area contributed by atoms with E-state index in [1.54, 1.807) is 13.4 Å². The average molecular weight is 393 g/mol. The molecule has 2 aromatic carbocycles. The number of ether oxygens (including phenoxy) is 2. The van der Waals surface area contributed by atoms with Crippen molar-refractivity contribution in [2.75, 3.05) is 7.11 Å². The van der Waals surface area contributed by atoms with Crippen LogP contribution >= 0.6 is 11.6 Å². The van der Waals surface area contributed by atoms with Gasteiger partial charge in [-0.05, 0) is 47.5 Å². The lowest BCUT2D eigenvalue weighted by molar-refractivity contribution is -0.00000606. The standard InChI is InChI=1S/C20H20ClNO3.ClH/c1-23-20-11-15(12-22-13-18-6-3-9-24-18)7-8-19(20)25-14-16-4-2-5-17(21)10-16;/h2-11,22H,12-14H2,1H3;1H/p-1. The topological polar surface area (TPSA) is 43.6 Å². The van der Waals surface area contributed by atoms with Crippen molar-refractivity contribution in [3.05, 3.63) is 82.8 Å². The van der Waals surface area contributed by atoms with Gasteiger partial charge in [0.05, 0.1) is 19.9 Å². The number of hydrogen-bond acceptors (Lipinski definition) is 4. The van der Waals surface area contributed by atoms with Crippen molar-refractivity contribution in [2.45, 2.75) is 19.7 Å². The maximum Gasteiger partial charge on any atom is 0.161 e. The Morgan fingerprint density at radius 2 is 1.85 bits per heavy atom. The molecule has 138 valence electrons. The van der Waals surface area contributed by atoms with E-state index in [9.17, 15) is 0 Å². The molecule has 3 rings (SSSR count). The highest BCUT2D eigenvalue weighted by atomic mass is 35.5. The van der Waals surface area contributed by atoms with Crippen LogP contribution in [0.25, 0.3) is 0 Å². The highest BCUT2D eigenvalue weighted by molar-refractivity contribution is 6.30. The van der Waals surface area contributed by atoms with E-state index in [0.717, 1.165) is 16.9 Å². The third kappa shape index (κ3) is 5.70. The summed E-state index contributed by atoms with van der Waals surface area (Å²) in [5.74, 6) is 2.32. The van der Waals surface area contributed by atoms with Crippen LogP contribution in [0.3, 0.4) is 0 Å². The summed E-state index contributed by atoms with van der Waals surface area (Å²) < 4.78 is 16.6. The van der Waals surface area contributed by atoms with Crippen LogP contribution in [-0.2, 0) is 19.7 Å². The number of benzene rings is 2. The zero-order chi connectivity index (χ0) is 17.5. The fourth-order valence-corrected chi connectivity index (χ4v) is 2.69. The number of rotatable bonds is 8. The van der Waals surface area contributed by atoms with Gasteiger partial charge in [0.25, 0.3) is 0 Å². The van der Waals surface area contributed by atoms with Gasteiger partial charge in [-0.15, -0.1) is 0 Å². The monoisotopic (exact) mass is 392 g/mol. The Kier molecular flexibility index (Phi) is 7.85. The van der Waals surface area contributed by atoms with E-state index in [2.05, 4.69) is 5.32 Å². The minimum absolute atomic E-state index is 0. The third-order valence-corrected chi connectivity index (χ3v) is 3.95. The molecule has 0 atom stereocenters. The molecular weight excluding hydrogens is 373 g/mol. The van der Waals surface area contributed by atoms with Crippen LogP contribution in [0, 0.1) is 0 Å². The predicted octanol–water partition coefficient (Wildman–Crippen LogP) is 1.81. The van der Waals surface area contributed by atoms with Gasteiger partial charge in [0, 0.05) is 11.6 Å². The molecule has 0 aliphatic rings. The number of furan rings is 1. The zero-order valence-electron chi connectivity index (χ0n) is 14.4. The molecule has 1 N–H and O–H groups in total. The summed E-state index contributed by atoms with van der Waals surface area (Å²) in [6.07, 6.45) is 1.67. The average Bonchev–Trinajstić information content (AvgIpc) is 3.14. The Hall–Kier alpha value is -2.14. The second-order valence-electron chi connectivity index (χ2n) is 5.59. The third-order valence-electron chi connectivity index (χ3n) is 3.72. The van der Waals surface area contributed by atoms with Crippen molar-refractivity contribution in [1.82, 2.24) is 5.32 Å². The van der Waals surface area contributed by atoms with Gasteiger partial charge in [-0.3, -0.25) is 0 Å². The fraction of sp³-hybridized carbons (Fsp3) is 0.200. The first-order valence-electron chi connectivity index (χ1n) is 8.02. The molecule has 4 nitrogen and oxygen atoms in total. The molecule has 26 heavy (non-hydrogen) atoms. The number of hydrogen-bond donors (Lipinski definition) is 1. The maximum absolute atomic E-state index is 6.00. The van der Waals surface area contributed by atoms with E-state index in [-0.39, 0.29) is 12.4 Å². The van der Waals surface area contributed by atoms with Gasteiger partial charge < -0.3 is 31.6 Å². The highest BCUT2D eigenvalue weighted by Gasteiger charge is 2.07. The molecule has 0 saturated carbocycles. The molecule has 0 aliphatic carbocycles. The summed E-state index contributed by atoms with van der Waals surface area (Å²) in [7, 11) is 1.64. The summed E-state index contributed by atoms with van der Waals surface area (Å²) in [6, 6.07) is 17.4.